The summed E-state index contributed by atoms with van der Waals surface area (Å²) in [6.45, 7) is 1.29. The first kappa shape index (κ1) is 16.1. The van der Waals surface area contributed by atoms with Crippen molar-refractivity contribution in [2.75, 3.05) is 13.7 Å². The third-order valence-corrected chi connectivity index (χ3v) is 2.22. The molecule has 1 rings (SSSR count). The van der Waals surface area contributed by atoms with Crippen LogP contribution in [0.25, 0.3) is 0 Å². The average molecular weight is 299 g/mol. The number of alkyl halides is 5. The number of halogens is 5. The fourth-order valence-electron chi connectivity index (χ4n) is 1.41. The van der Waals surface area contributed by atoms with E-state index in [9.17, 15) is 26.7 Å². The Balaban J connectivity index is 3.53. The SMILES string of the molecule is CCOC(=O)c1c(C(F)F)cc(C(F)(F)F)nc1OC. The van der Waals surface area contributed by atoms with Crippen molar-refractivity contribution in [3.05, 3.63) is 22.9 Å². The minimum Gasteiger partial charge on any atom is -0.480 e. The second-order valence-electron chi connectivity index (χ2n) is 3.50. The first-order valence-electron chi connectivity index (χ1n) is 5.33. The van der Waals surface area contributed by atoms with Crippen LogP contribution in [0.2, 0.25) is 0 Å². The number of esters is 1. The molecule has 20 heavy (non-hydrogen) atoms. The predicted octanol–water partition coefficient (Wildman–Crippen LogP) is 3.22. The summed E-state index contributed by atoms with van der Waals surface area (Å²) >= 11 is 0. The number of ether oxygens (including phenoxy) is 2. The number of carbonyl (C=O) groups is 1. The molecular weight excluding hydrogens is 289 g/mol. The van der Waals surface area contributed by atoms with E-state index in [1.54, 1.807) is 0 Å². The van der Waals surface area contributed by atoms with Gasteiger partial charge >= 0.3 is 12.1 Å². The lowest BCUT2D eigenvalue weighted by Gasteiger charge is -2.15. The van der Waals surface area contributed by atoms with E-state index in [1.807, 2.05) is 0 Å². The van der Waals surface area contributed by atoms with Gasteiger partial charge in [0, 0.05) is 5.56 Å². The molecule has 0 aliphatic heterocycles. The highest BCUT2D eigenvalue weighted by molar-refractivity contribution is 5.93. The molecule has 0 radical (unpaired) electrons. The number of nitrogens with zero attached hydrogens (tertiary/aromatic N) is 1. The molecule has 0 N–H and O–H groups in total. The van der Waals surface area contributed by atoms with Crippen molar-refractivity contribution in [1.82, 2.24) is 4.98 Å². The molecule has 0 amide bonds. The van der Waals surface area contributed by atoms with Crippen LogP contribution in [0.15, 0.2) is 6.07 Å². The quantitative estimate of drug-likeness (QED) is 0.632. The van der Waals surface area contributed by atoms with Gasteiger partial charge in [0.2, 0.25) is 5.88 Å². The molecule has 1 aromatic heterocycles. The standard InChI is InChI=1S/C11H10F5NO3/c1-3-20-10(18)7-5(8(12)13)4-6(11(14,15)16)17-9(7)19-2/h4,8H,3H2,1-2H3. The van der Waals surface area contributed by atoms with Gasteiger partial charge in [-0.25, -0.2) is 18.6 Å². The second-order valence-corrected chi connectivity index (χ2v) is 3.50. The van der Waals surface area contributed by atoms with Crippen LogP contribution in [0.4, 0.5) is 22.0 Å². The Morgan fingerprint density at radius 3 is 2.40 bits per heavy atom. The highest BCUT2D eigenvalue weighted by Gasteiger charge is 2.37. The van der Waals surface area contributed by atoms with Gasteiger partial charge in [-0.2, -0.15) is 13.2 Å². The van der Waals surface area contributed by atoms with Gasteiger partial charge in [-0.3, -0.25) is 0 Å². The Kier molecular flexibility index (Phi) is 4.85. The number of hydrogen-bond acceptors (Lipinski definition) is 4. The maximum Gasteiger partial charge on any atom is 0.433 e. The van der Waals surface area contributed by atoms with E-state index < -0.39 is 41.3 Å². The molecule has 0 bridgehead atoms. The smallest absolute Gasteiger partial charge is 0.433 e. The van der Waals surface area contributed by atoms with Crippen LogP contribution in [0, 0.1) is 0 Å². The molecule has 4 nitrogen and oxygen atoms in total. The third kappa shape index (κ3) is 3.34. The average Bonchev–Trinajstić information content (AvgIpc) is 2.36. The molecule has 1 aromatic rings. The van der Waals surface area contributed by atoms with E-state index in [4.69, 9.17) is 0 Å². The molecule has 0 saturated heterocycles. The summed E-state index contributed by atoms with van der Waals surface area (Å²) in [5.74, 6) is -2.07. The monoisotopic (exact) mass is 299 g/mol. The molecular formula is C11H10F5NO3. The molecule has 9 heteroatoms. The van der Waals surface area contributed by atoms with Crippen LogP contribution < -0.4 is 4.74 Å². The van der Waals surface area contributed by atoms with Gasteiger partial charge in [-0.1, -0.05) is 0 Å². The Hall–Kier alpha value is -1.93. The van der Waals surface area contributed by atoms with Gasteiger partial charge in [-0.15, -0.1) is 0 Å². The zero-order valence-electron chi connectivity index (χ0n) is 10.4. The van der Waals surface area contributed by atoms with E-state index in [2.05, 4.69) is 14.5 Å². The summed E-state index contributed by atoms with van der Waals surface area (Å²) in [6, 6.07) is 0.111. The minimum absolute atomic E-state index is 0.111. The van der Waals surface area contributed by atoms with E-state index in [-0.39, 0.29) is 12.7 Å². The Labute approximate surface area is 110 Å². The Morgan fingerprint density at radius 1 is 1.40 bits per heavy atom. The van der Waals surface area contributed by atoms with Crippen LogP contribution in [0.5, 0.6) is 5.88 Å². The summed E-state index contributed by atoms with van der Waals surface area (Å²) in [5, 5.41) is 0. The van der Waals surface area contributed by atoms with Gasteiger partial charge in [0.05, 0.1) is 13.7 Å². The highest BCUT2D eigenvalue weighted by Crippen LogP contribution is 2.36. The van der Waals surface area contributed by atoms with Crippen molar-refractivity contribution in [2.45, 2.75) is 19.5 Å². The number of methoxy groups -OCH3 is 1. The zero-order chi connectivity index (χ0) is 15.5. The van der Waals surface area contributed by atoms with Gasteiger partial charge in [-0.05, 0) is 13.0 Å². The zero-order valence-corrected chi connectivity index (χ0v) is 10.4. The van der Waals surface area contributed by atoms with E-state index in [1.165, 1.54) is 6.92 Å². The minimum atomic E-state index is -4.94. The number of rotatable bonds is 4. The summed E-state index contributed by atoms with van der Waals surface area (Å²) in [6.07, 6.45) is -8.25. The van der Waals surface area contributed by atoms with Crippen LogP contribution in [-0.2, 0) is 10.9 Å². The number of hydrogen-bond donors (Lipinski definition) is 0. The highest BCUT2D eigenvalue weighted by atomic mass is 19.4. The summed E-state index contributed by atoms with van der Waals surface area (Å²) in [4.78, 5) is 14.6. The molecule has 0 aliphatic rings. The number of carbonyl (C=O) groups excluding carboxylic acids is 1. The van der Waals surface area contributed by atoms with E-state index in [0.29, 0.717) is 0 Å². The van der Waals surface area contributed by atoms with E-state index >= 15 is 0 Å². The van der Waals surface area contributed by atoms with Crippen molar-refractivity contribution >= 4 is 5.97 Å². The van der Waals surface area contributed by atoms with Crippen LogP contribution in [-0.4, -0.2) is 24.7 Å². The van der Waals surface area contributed by atoms with Crippen molar-refractivity contribution in [1.29, 1.82) is 0 Å². The molecule has 0 aliphatic carbocycles. The van der Waals surface area contributed by atoms with Crippen molar-refractivity contribution in [3.63, 3.8) is 0 Å². The lowest BCUT2D eigenvalue weighted by molar-refractivity contribution is -0.141. The van der Waals surface area contributed by atoms with Crippen LogP contribution in [0.3, 0.4) is 0 Å². The summed E-state index contributed by atoms with van der Waals surface area (Å²) < 4.78 is 72.4. The maximum absolute atomic E-state index is 12.9. The van der Waals surface area contributed by atoms with Gasteiger partial charge in [0.1, 0.15) is 11.3 Å². The molecule has 1 heterocycles. The Bertz CT molecular complexity index is 502. The third-order valence-electron chi connectivity index (χ3n) is 2.22. The predicted molar refractivity (Wildman–Crippen MR) is 56.7 cm³/mol. The lowest BCUT2D eigenvalue weighted by Crippen LogP contribution is -2.16. The molecule has 0 atom stereocenters. The number of pyridine rings is 1. The molecule has 0 spiro atoms. The fourth-order valence-corrected chi connectivity index (χ4v) is 1.41. The fraction of sp³-hybridized carbons (Fsp3) is 0.455. The molecule has 0 saturated carbocycles. The summed E-state index contributed by atoms with van der Waals surface area (Å²) in [7, 11) is 0.917. The molecule has 0 fully saturated rings. The van der Waals surface area contributed by atoms with Gasteiger partial charge in [0.15, 0.2) is 0 Å². The van der Waals surface area contributed by atoms with E-state index in [0.717, 1.165) is 7.11 Å². The summed E-state index contributed by atoms with van der Waals surface area (Å²) in [5.41, 5.74) is -3.52. The van der Waals surface area contributed by atoms with Gasteiger partial charge < -0.3 is 9.47 Å². The van der Waals surface area contributed by atoms with Crippen molar-refractivity contribution in [2.24, 2.45) is 0 Å². The van der Waals surface area contributed by atoms with Crippen molar-refractivity contribution < 1.29 is 36.2 Å². The lowest BCUT2D eigenvalue weighted by atomic mass is 10.1. The topological polar surface area (TPSA) is 48.4 Å². The Morgan fingerprint density at radius 2 is 2.00 bits per heavy atom. The first-order valence-corrected chi connectivity index (χ1v) is 5.33. The van der Waals surface area contributed by atoms with Gasteiger partial charge in [0.25, 0.3) is 6.43 Å². The first-order chi connectivity index (χ1) is 9.22. The van der Waals surface area contributed by atoms with Crippen molar-refractivity contribution in [3.8, 4) is 5.88 Å². The largest absolute Gasteiger partial charge is 0.480 e. The molecule has 0 aromatic carbocycles. The van der Waals surface area contributed by atoms with Crippen LogP contribution in [0.1, 0.15) is 35.0 Å². The molecule has 0 unspecified atom stereocenters. The molecule has 112 valence electrons. The van der Waals surface area contributed by atoms with Crippen LogP contribution >= 0.6 is 0 Å². The normalized spacial score (nSPS) is 11.6. The second kappa shape index (κ2) is 6.02. The maximum atomic E-state index is 12.9. The number of aromatic nitrogens is 1.